The van der Waals surface area contributed by atoms with Crippen molar-refractivity contribution in [2.45, 2.75) is 19.8 Å². The van der Waals surface area contributed by atoms with Crippen LogP contribution in [0.3, 0.4) is 0 Å². The van der Waals surface area contributed by atoms with Crippen LogP contribution in [0.25, 0.3) is 0 Å². The standard InChI is InChI=1S/C12H17ClN2/c1-8(9-2-3-9)7-15-12-6-10(13)4-5-11(12)14/h4-6,8-9,15H,2-3,7,14H2,1H3. The van der Waals surface area contributed by atoms with Crippen LogP contribution in [-0.2, 0) is 0 Å². The minimum Gasteiger partial charge on any atom is -0.397 e. The first-order valence-electron chi connectivity index (χ1n) is 5.45. The Morgan fingerprint density at radius 2 is 2.27 bits per heavy atom. The molecule has 1 aromatic carbocycles. The summed E-state index contributed by atoms with van der Waals surface area (Å²) in [5, 5.41) is 4.09. The Hall–Kier alpha value is -0.890. The van der Waals surface area contributed by atoms with Crippen molar-refractivity contribution in [3.63, 3.8) is 0 Å². The predicted octanol–water partition coefficient (Wildman–Crippen LogP) is 3.38. The van der Waals surface area contributed by atoms with Crippen LogP contribution >= 0.6 is 11.6 Å². The number of benzene rings is 1. The lowest BCUT2D eigenvalue weighted by Gasteiger charge is -2.14. The summed E-state index contributed by atoms with van der Waals surface area (Å²) in [5.74, 6) is 1.64. The molecule has 1 saturated carbocycles. The average molecular weight is 225 g/mol. The Balaban J connectivity index is 1.94. The lowest BCUT2D eigenvalue weighted by molar-refractivity contribution is 0.537. The van der Waals surface area contributed by atoms with Crippen molar-refractivity contribution in [2.75, 3.05) is 17.6 Å². The van der Waals surface area contributed by atoms with Crippen LogP contribution in [0.15, 0.2) is 18.2 Å². The third-order valence-electron chi connectivity index (χ3n) is 3.06. The van der Waals surface area contributed by atoms with Crippen LogP contribution in [0.2, 0.25) is 5.02 Å². The maximum Gasteiger partial charge on any atom is 0.0588 e. The van der Waals surface area contributed by atoms with E-state index in [1.165, 1.54) is 12.8 Å². The van der Waals surface area contributed by atoms with E-state index in [2.05, 4.69) is 12.2 Å². The van der Waals surface area contributed by atoms with Gasteiger partial charge in [-0.05, 0) is 42.9 Å². The van der Waals surface area contributed by atoms with Gasteiger partial charge in [0.1, 0.15) is 0 Å². The molecule has 1 aromatic rings. The first-order chi connectivity index (χ1) is 7.16. The van der Waals surface area contributed by atoms with Crippen LogP contribution in [0.4, 0.5) is 11.4 Å². The summed E-state index contributed by atoms with van der Waals surface area (Å²) in [7, 11) is 0. The molecule has 2 rings (SSSR count). The number of hydrogen-bond donors (Lipinski definition) is 2. The van der Waals surface area contributed by atoms with E-state index < -0.39 is 0 Å². The van der Waals surface area contributed by atoms with E-state index in [4.69, 9.17) is 17.3 Å². The molecule has 15 heavy (non-hydrogen) atoms. The summed E-state index contributed by atoms with van der Waals surface area (Å²) < 4.78 is 0. The Kier molecular flexibility index (Phi) is 3.06. The highest BCUT2D eigenvalue weighted by Crippen LogP contribution is 2.36. The van der Waals surface area contributed by atoms with Crippen LogP contribution in [-0.4, -0.2) is 6.54 Å². The molecule has 0 aromatic heterocycles. The second kappa shape index (κ2) is 4.31. The van der Waals surface area contributed by atoms with Gasteiger partial charge in [-0.2, -0.15) is 0 Å². The van der Waals surface area contributed by atoms with Gasteiger partial charge in [-0.1, -0.05) is 18.5 Å². The molecule has 82 valence electrons. The van der Waals surface area contributed by atoms with Crippen molar-refractivity contribution in [1.29, 1.82) is 0 Å². The number of halogens is 1. The molecule has 1 fully saturated rings. The van der Waals surface area contributed by atoms with Crippen molar-refractivity contribution in [1.82, 2.24) is 0 Å². The Morgan fingerprint density at radius 1 is 1.53 bits per heavy atom. The normalized spacial score (nSPS) is 17.5. The van der Waals surface area contributed by atoms with Gasteiger partial charge in [0.05, 0.1) is 11.4 Å². The highest BCUT2D eigenvalue weighted by Gasteiger charge is 2.27. The van der Waals surface area contributed by atoms with Gasteiger partial charge in [-0.25, -0.2) is 0 Å². The predicted molar refractivity (Wildman–Crippen MR) is 66.2 cm³/mol. The summed E-state index contributed by atoms with van der Waals surface area (Å²) in [4.78, 5) is 0. The topological polar surface area (TPSA) is 38.0 Å². The van der Waals surface area contributed by atoms with Gasteiger partial charge in [-0.3, -0.25) is 0 Å². The number of hydrogen-bond acceptors (Lipinski definition) is 2. The lowest BCUT2D eigenvalue weighted by atomic mass is 10.1. The molecule has 1 unspecified atom stereocenters. The second-order valence-corrected chi connectivity index (χ2v) is 4.86. The van der Waals surface area contributed by atoms with Crippen LogP contribution in [0, 0.1) is 11.8 Å². The fourth-order valence-corrected chi connectivity index (χ4v) is 1.96. The molecule has 0 radical (unpaired) electrons. The van der Waals surface area contributed by atoms with Crippen LogP contribution in [0.1, 0.15) is 19.8 Å². The van der Waals surface area contributed by atoms with Crippen LogP contribution < -0.4 is 11.1 Å². The van der Waals surface area contributed by atoms with Crippen molar-refractivity contribution in [3.8, 4) is 0 Å². The van der Waals surface area contributed by atoms with E-state index >= 15 is 0 Å². The van der Waals surface area contributed by atoms with E-state index in [0.29, 0.717) is 0 Å². The SMILES string of the molecule is CC(CNc1cc(Cl)ccc1N)C1CC1. The zero-order valence-electron chi connectivity index (χ0n) is 8.96. The molecule has 1 aliphatic carbocycles. The molecule has 1 aliphatic rings. The van der Waals surface area contributed by atoms with Gasteiger partial charge in [0.25, 0.3) is 0 Å². The van der Waals surface area contributed by atoms with E-state index in [0.717, 1.165) is 34.8 Å². The second-order valence-electron chi connectivity index (χ2n) is 4.43. The number of rotatable bonds is 4. The third-order valence-corrected chi connectivity index (χ3v) is 3.29. The van der Waals surface area contributed by atoms with E-state index in [9.17, 15) is 0 Å². The minimum absolute atomic E-state index is 0.725. The highest BCUT2D eigenvalue weighted by atomic mass is 35.5. The van der Waals surface area contributed by atoms with E-state index in [-0.39, 0.29) is 0 Å². The Bertz CT molecular complexity index is 347. The van der Waals surface area contributed by atoms with Gasteiger partial charge in [-0.15, -0.1) is 0 Å². The highest BCUT2D eigenvalue weighted by molar-refractivity contribution is 6.31. The maximum absolute atomic E-state index is 5.91. The molecule has 0 saturated heterocycles. The molecule has 1 atom stereocenters. The van der Waals surface area contributed by atoms with Gasteiger partial charge in [0, 0.05) is 11.6 Å². The molecule has 0 aliphatic heterocycles. The van der Waals surface area contributed by atoms with Crippen LogP contribution in [0.5, 0.6) is 0 Å². The summed E-state index contributed by atoms with van der Waals surface area (Å²) in [6, 6.07) is 5.54. The van der Waals surface area contributed by atoms with Gasteiger partial charge >= 0.3 is 0 Å². The molecule has 2 nitrogen and oxygen atoms in total. The van der Waals surface area contributed by atoms with Crippen molar-refractivity contribution in [3.05, 3.63) is 23.2 Å². The summed E-state index contributed by atoms with van der Waals surface area (Å²) in [5.41, 5.74) is 7.57. The maximum atomic E-state index is 5.91. The fourth-order valence-electron chi connectivity index (χ4n) is 1.78. The molecule has 0 heterocycles. The monoisotopic (exact) mass is 224 g/mol. The molecule has 0 bridgehead atoms. The van der Waals surface area contributed by atoms with Gasteiger partial charge in [0.15, 0.2) is 0 Å². The number of anilines is 2. The fraction of sp³-hybridized carbons (Fsp3) is 0.500. The van der Waals surface area contributed by atoms with Crippen molar-refractivity contribution >= 4 is 23.0 Å². The summed E-state index contributed by atoms with van der Waals surface area (Å²) in [6.45, 7) is 3.26. The molecule has 0 spiro atoms. The lowest BCUT2D eigenvalue weighted by Crippen LogP contribution is -2.13. The zero-order chi connectivity index (χ0) is 10.8. The Morgan fingerprint density at radius 3 is 2.93 bits per heavy atom. The number of nitrogen functional groups attached to an aromatic ring is 1. The number of nitrogens with two attached hydrogens (primary N) is 1. The Labute approximate surface area is 95.8 Å². The molecular formula is C12H17ClN2. The number of nitrogens with one attached hydrogen (secondary N) is 1. The minimum atomic E-state index is 0.725. The van der Waals surface area contributed by atoms with Crippen molar-refractivity contribution in [2.24, 2.45) is 11.8 Å². The largest absolute Gasteiger partial charge is 0.397 e. The first kappa shape index (κ1) is 10.6. The molecule has 3 heteroatoms. The first-order valence-corrected chi connectivity index (χ1v) is 5.83. The smallest absolute Gasteiger partial charge is 0.0588 e. The molecule has 0 amide bonds. The van der Waals surface area contributed by atoms with E-state index in [1.54, 1.807) is 0 Å². The zero-order valence-corrected chi connectivity index (χ0v) is 9.72. The summed E-state index contributed by atoms with van der Waals surface area (Å²) in [6.07, 6.45) is 2.77. The molecule has 3 N–H and O–H groups in total. The van der Waals surface area contributed by atoms with Crippen molar-refractivity contribution < 1.29 is 0 Å². The third kappa shape index (κ3) is 2.78. The van der Waals surface area contributed by atoms with Gasteiger partial charge < -0.3 is 11.1 Å². The molecular weight excluding hydrogens is 208 g/mol. The quantitative estimate of drug-likeness (QED) is 0.770. The summed E-state index contributed by atoms with van der Waals surface area (Å²) >= 11 is 5.91. The van der Waals surface area contributed by atoms with Gasteiger partial charge in [0.2, 0.25) is 0 Å². The average Bonchev–Trinajstić information content (AvgIpc) is 3.02. The van der Waals surface area contributed by atoms with E-state index in [1.807, 2.05) is 18.2 Å².